The van der Waals surface area contributed by atoms with Gasteiger partial charge in [-0.25, -0.2) is 0 Å². The van der Waals surface area contributed by atoms with E-state index < -0.39 is 0 Å². The Morgan fingerprint density at radius 2 is 1.61 bits per heavy atom. The zero-order valence-electron chi connectivity index (χ0n) is 12.6. The smallest absolute Gasteiger partial charge is 0.229 e. The summed E-state index contributed by atoms with van der Waals surface area (Å²) >= 11 is 0. The topological polar surface area (TPSA) is 68.4 Å². The molecule has 0 fully saturated rings. The molecular formula is C18H13NO4. The predicted molar refractivity (Wildman–Crippen MR) is 90.1 cm³/mol. The molecule has 4 aromatic rings. The van der Waals surface area contributed by atoms with Gasteiger partial charge in [-0.1, -0.05) is 12.1 Å². The fourth-order valence-electron chi connectivity index (χ4n) is 3.20. The molecule has 5 nitrogen and oxygen atoms in total. The van der Waals surface area contributed by atoms with Crippen LogP contribution in [0.2, 0.25) is 0 Å². The summed E-state index contributed by atoms with van der Waals surface area (Å²) in [5.41, 5.74) is 0.177. The molecule has 5 heteroatoms. The minimum absolute atomic E-state index is 0.203. The van der Waals surface area contributed by atoms with Gasteiger partial charge in [0.2, 0.25) is 10.9 Å². The monoisotopic (exact) mass is 307 g/mol. The first-order valence-corrected chi connectivity index (χ1v) is 7.12. The highest BCUT2D eigenvalue weighted by Crippen LogP contribution is 2.35. The van der Waals surface area contributed by atoms with Crippen molar-refractivity contribution < 1.29 is 9.47 Å². The van der Waals surface area contributed by atoms with E-state index in [2.05, 4.69) is 4.98 Å². The fourth-order valence-corrected chi connectivity index (χ4v) is 3.20. The predicted octanol–water partition coefficient (Wildman–Crippen LogP) is 2.65. The van der Waals surface area contributed by atoms with Crippen LogP contribution >= 0.6 is 0 Å². The number of nitrogens with one attached hydrogen (secondary N) is 1. The molecule has 1 aromatic heterocycles. The third kappa shape index (κ3) is 1.67. The second-order valence-corrected chi connectivity index (χ2v) is 5.31. The van der Waals surface area contributed by atoms with Crippen LogP contribution in [0.3, 0.4) is 0 Å². The molecule has 1 heterocycles. The molecule has 0 amide bonds. The number of ether oxygens (including phenoxy) is 2. The molecule has 0 radical (unpaired) electrons. The lowest BCUT2D eigenvalue weighted by Crippen LogP contribution is -2.08. The maximum absolute atomic E-state index is 12.8. The highest BCUT2D eigenvalue weighted by Gasteiger charge is 2.20. The standard InChI is InChI=1S/C18H13NO4/c1-22-11-5-3-4-10-14(17(11)20)15-13-9(6-7-19-16(10)13)8-12(23-2)18(15)21/h3-8,19H,1-2H3. The summed E-state index contributed by atoms with van der Waals surface area (Å²) in [5, 5.41) is 3.03. The van der Waals surface area contributed by atoms with Gasteiger partial charge in [-0.05, 0) is 23.6 Å². The first-order valence-electron chi connectivity index (χ1n) is 7.12. The number of hydrogen-bond donors (Lipinski definition) is 1. The molecule has 114 valence electrons. The Morgan fingerprint density at radius 3 is 2.35 bits per heavy atom. The summed E-state index contributed by atoms with van der Waals surface area (Å²) in [6.07, 6.45) is 1.79. The zero-order valence-corrected chi connectivity index (χ0v) is 12.6. The average molecular weight is 307 g/mol. The highest BCUT2D eigenvalue weighted by molar-refractivity contribution is 6.28. The summed E-state index contributed by atoms with van der Waals surface area (Å²) in [7, 11) is 2.89. The van der Waals surface area contributed by atoms with E-state index in [4.69, 9.17) is 9.47 Å². The second kappa shape index (κ2) is 4.71. The lowest BCUT2D eigenvalue weighted by atomic mass is 10.1. The Kier molecular flexibility index (Phi) is 2.78. The third-order valence-corrected chi connectivity index (χ3v) is 4.21. The third-order valence-electron chi connectivity index (χ3n) is 4.21. The van der Waals surface area contributed by atoms with Crippen LogP contribution in [-0.4, -0.2) is 19.2 Å². The number of H-pyrrole nitrogens is 1. The van der Waals surface area contributed by atoms with Crippen molar-refractivity contribution in [2.75, 3.05) is 14.2 Å². The molecular weight excluding hydrogens is 294 g/mol. The molecule has 0 unspecified atom stereocenters. The van der Waals surface area contributed by atoms with Gasteiger partial charge < -0.3 is 14.5 Å². The lowest BCUT2D eigenvalue weighted by molar-refractivity contribution is 0.411. The Morgan fingerprint density at radius 1 is 0.870 bits per heavy atom. The van der Waals surface area contributed by atoms with Gasteiger partial charge in [0.1, 0.15) is 0 Å². The number of pyridine rings is 1. The van der Waals surface area contributed by atoms with Crippen molar-refractivity contribution in [1.82, 2.24) is 4.98 Å². The Bertz CT molecular complexity index is 1180. The maximum atomic E-state index is 12.8. The van der Waals surface area contributed by atoms with Crippen LogP contribution in [0.4, 0.5) is 0 Å². The minimum Gasteiger partial charge on any atom is -0.493 e. The first-order chi connectivity index (χ1) is 11.2. The molecule has 4 rings (SSSR count). The largest absolute Gasteiger partial charge is 0.493 e. The van der Waals surface area contributed by atoms with Crippen molar-refractivity contribution in [3.63, 3.8) is 0 Å². The highest BCUT2D eigenvalue weighted by atomic mass is 16.5. The van der Waals surface area contributed by atoms with Gasteiger partial charge in [0.15, 0.2) is 11.5 Å². The minimum atomic E-state index is -0.302. The molecule has 3 aromatic carbocycles. The van der Waals surface area contributed by atoms with Crippen molar-refractivity contribution in [2.45, 2.75) is 0 Å². The van der Waals surface area contributed by atoms with Crippen molar-refractivity contribution in [1.29, 1.82) is 0 Å². The molecule has 0 saturated heterocycles. The molecule has 0 spiro atoms. The van der Waals surface area contributed by atoms with Crippen LogP contribution in [0, 0.1) is 0 Å². The Balaban J connectivity index is 2.47. The maximum Gasteiger partial charge on any atom is 0.229 e. The van der Waals surface area contributed by atoms with Crippen molar-refractivity contribution in [3.8, 4) is 11.5 Å². The molecule has 0 atom stereocenters. The zero-order chi connectivity index (χ0) is 16.1. The molecule has 0 aliphatic rings. The van der Waals surface area contributed by atoms with E-state index in [1.54, 1.807) is 24.4 Å². The van der Waals surface area contributed by atoms with E-state index >= 15 is 0 Å². The van der Waals surface area contributed by atoms with Crippen LogP contribution in [0.5, 0.6) is 11.5 Å². The van der Waals surface area contributed by atoms with E-state index in [-0.39, 0.29) is 22.4 Å². The van der Waals surface area contributed by atoms with Crippen LogP contribution in [0.25, 0.3) is 32.4 Å². The van der Waals surface area contributed by atoms with Gasteiger partial charge in [-0.2, -0.15) is 0 Å². The summed E-state index contributed by atoms with van der Waals surface area (Å²) < 4.78 is 10.4. The second-order valence-electron chi connectivity index (χ2n) is 5.31. The lowest BCUT2D eigenvalue weighted by Gasteiger charge is -2.03. The molecule has 0 aliphatic carbocycles. The van der Waals surface area contributed by atoms with Crippen LogP contribution in [0.15, 0.2) is 46.1 Å². The van der Waals surface area contributed by atoms with Gasteiger partial charge in [0.05, 0.1) is 19.7 Å². The number of methoxy groups -OCH3 is 2. The molecule has 1 N–H and O–H groups in total. The number of fused-ring (bicyclic) bond motifs is 3. The van der Waals surface area contributed by atoms with Gasteiger partial charge >= 0.3 is 0 Å². The summed E-state index contributed by atoms with van der Waals surface area (Å²) in [6, 6.07) is 8.73. The van der Waals surface area contributed by atoms with Gasteiger partial charge in [0.25, 0.3) is 0 Å². The van der Waals surface area contributed by atoms with E-state index in [9.17, 15) is 9.59 Å². The van der Waals surface area contributed by atoms with Crippen LogP contribution < -0.4 is 20.3 Å². The quantitative estimate of drug-likeness (QED) is 0.618. The van der Waals surface area contributed by atoms with Crippen molar-refractivity contribution >= 4 is 32.4 Å². The number of hydrogen-bond acceptors (Lipinski definition) is 4. The van der Waals surface area contributed by atoms with E-state index in [0.717, 1.165) is 16.3 Å². The van der Waals surface area contributed by atoms with Gasteiger partial charge in [0, 0.05) is 27.7 Å². The van der Waals surface area contributed by atoms with Crippen molar-refractivity contribution in [2.24, 2.45) is 0 Å². The van der Waals surface area contributed by atoms with Gasteiger partial charge in [-0.15, -0.1) is 0 Å². The summed E-state index contributed by atoms with van der Waals surface area (Å²) in [4.78, 5) is 28.8. The Hall–Kier alpha value is -3.08. The first kappa shape index (κ1) is 13.6. The fraction of sp³-hybridized carbons (Fsp3) is 0.111. The van der Waals surface area contributed by atoms with Gasteiger partial charge in [-0.3, -0.25) is 9.59 Å². The molecule has 0 saturated carbocycles. The Labute approximate surface area is 130 Å². The number of aromatic nitrogens is 1. The molecule has 23 heavy (non-hydrogen) atoms. The van der Waals surface area contributed by atoms with E-state index in [0.29, 0.717) is 16.2 Å². The number of rotatable bonds is 2. The summed E-state index contributed by atoms with van der Waals surface area (Å²) in [6.45, 7) is 0. The number of aromatic amines is 1. The van der Waals surface area contributed by atoms with Crippen molar-refractivity contribution in [3.05, 3.63) is 57.0 Å². The average Bonchev–Trinajstić information content (AvgIpc) is 2.81. The normalized spacial score (nSPS) is 11.4. The SMILES string of the molecule is COc1cccc2c3[nH]ccc4cc(OC)c(=O)c(c2c1=O)c43. The van der Waals surface area contributed by atoms with Crippen LogP contribution in [-0.2, 0) is 0 Å². The van der Waals surface area contributed by atoms with E-state index in [1.807, 2.05) is 12.1 Å². The van der Waals surface area contributed by atoms with Crippen LogP contribution in [0.1, 0.15) is 0 Å². The number of benzene rings is 1. The molecule has 0 aliphatic heterocycles. The van der Waals surface area contributed by atoms with E-state index in [1.165, 1.54) is 14.2 Å². The summed E-state index contributed by atoms with van der Waals surface area (Å²) in [5.74, 6) is 0.428. The molecule has 0 bridgehead atoms.